The van der Waals surface area contributed by atoms with Gasteiger partial charge in [0.2, 0.25) is 0 Å². The van der Waals surface area contributed by atoms with Crippen LogP contribution in [0.4, 0.5) is 8.78 Å². The molecule has 1 aliphatic heterocycles. The van der Waals surface area contributed by atoms with Crippen molar-refractivity contribution >= 4 is 28.5 Å². The molecule has 1 amide bonds. The minimum absolute atomic E-state index is 0.112. The number of hydrogen-bond acceptors (Lipinski definition) is 5. The van der Waals surface area contributed by atoms with Crippen molar-refractivity contribution in [1.82, 2.24) is 19.6 Å². The molecule has 182 valence electrons. The van der Waals surface area contributed by atoms with Crippen molar-refractivity contribution in [2.24, 2.45) is 0 Å². The van der Waals surface area contributed by atoms with Gasteiger partial charge < -0.3 is 4.90 Å². The molecule has 1 fully saturated rings. The molecule has 0 radical (unpaired) electrons. The number of fused-ring (bicyclic) bond motifs is 1. The van der Waals surface area contributed by atoms with E-state index in [1.807, 2.05) is 4.90 Å². The summed E-state index contributed by atoms with van der Waals surface area (Å²) in [4.78, 5) is 42.5. The van der Waals surface area contributed by atoms with Gasteiger partial charge in [-0.25, -0.2) is 8.78 Å². The van der Waals surface area contributed by atoms with Crippen LogP contribution >= 0.6 is 0 Å². The first-order chi connectivity index (χ1) is 17.4. The highest BCUT2D eigenvalue weighted by Crippen LogP contribution is 2.22. The molecule has 4 aromatic rings. The highest BCUT2D eigenvalue weighted by atomic mass is 19.1. The second-order valence-corrected chi connectivity index (χ2v) is 8.59. The van der Waals surface area contributed by atoms with Gasteiger partial charge >= 0.3 is 0 Å². The van der Waals surface area contributed by atoms with Crippen molar-refractivity contribution in [2.45, 2.75) is 0 Å². The Morgan fingerprint density at radius 1 is 0.722 bits per heavy atom. The Hall–Kier alpha value is -4.24. The van der Waals surface area contributed by atoms with Crippen LogP contribution in [0.5, 0.6) is 0 Å². The lowest BCUT2D eigenvalue weighted by molar-refractivity contribution is 0.0620. The van der Waals surface area contributed by atoms with E-state index in [9.17, 15) is 23.2 Å². The molecule has 9 heteroatoms. The maximum absolute atomic E-state index is 13.4. The van der Waals surface area contributed by atoms with Crippen LogP contribution in [0.1, 0.15) is 31.2 Å². The van der Waals surface area contributed by atoms with Crippen LogP contribution in [-0.2, 0) is 0 Å². The van der Waals surface area contributed by atoms with Crippen LogP contribution in [-0.4, -0.2) is 69.9 Å². The number of benzene rings is 3. The van der Waals surface area contributed by atoms with Crippen molar-refractivity contribution in [3.05, 3.63) is 101 Å². The first kappa shape index (κ1) is 23.5. The van der Waals surface area contributed by atoms with Gasteiger partial charge in [-0.3, -0.25) is 19.3 Å². The van der Waals surface area contributed by atoms with Crippen LogP contribution in [0.25, 0.3) is 10.9 Å². The van der Waals surface area contributed by atoms with Gasteiger partial charge in [-0.1, -0.05) is 18.2 Å². The summed E-state index contributed by atoms with van der Waals surface area (Å²) in [6, 6.07) is 17.6. The van der Waals surface area contributed by atoms with Crippen molar-refractivity contribution in [2.75, 3.05) is 32.7 Å². The topological polar surface area (TPSA) is 75.5 Å². The zero-order valence-corrected chi connectivity index (χ0v) is 19.2. The first-order valence-electron chi connectivity index (χ1n) is 11.5. The molecule has 1 saturated heterocycles. The van der Waals surface area contributed by atoms with E-state index < -0.39 is 17.5 Å². The van der Waals surface area contributed by atoms with E-state index in [1.165, 1.54) is 53.2 Å². The van der Waals surface area contributed by atoms with Crippen LogP contribution in [0.2, 0.25) is 0 Å². The van der Waals surface area contributed by atoms with Gasteiger partial charge in [-0.2, -0.15) is 9.78 Å². The Bertz CT molecular complexity index is 1440. The quantitative estimate of drug-likeness (QED) is 0.401. The Morgan fingerprint density at radius 3 is 1.94 bits per heavy atom. The average molecular weight is 488 g/mol. The molecular formula is C27H22F2N4O3. The number of Topliss-reactive ketones (excluding diaryl/α,β-unsaturated/α-hetero) is 1. The number of halogens is 2. The Kier molecular flexibility index (Phi) is 6.39. The lowest BCUT2D eigenvalue weighted by Crippen LogP contribution is -2.50. The van der Waals surface area contributed by atoms with Gasteiger partial charge in [0, 0.05) is 42.7 Å². The summed E-state index contributed by atoms with van der Waals surface area (Å²) in [6.45, 7) is 1.94. The third-order valence-corrected chi connectivity index (χ3v) is 6.27. The van der Waals surface area contributed by atoms with Crippen molar-refractivity contribution < 1.29 is 23.2 Å². The predicted molar refractivity (Wildman–Crippen MR) is 129 cm³/mol. The molecule has 0 N–H and O–H groups in total. The normalized spacial score (nSPS) is 14.2. The molecule has 1 aliphatic rings. The number of piperazine rings is 1. The number of carbonyl (C=O) groups is 3. The summed E-state index contributed by atoms with van der Waals surface area (Å²) in [6.07, 6.45) is 0. The summed E-state index contributed by atoms with van der Waals surface area (Å²) >= 11 is 0. The highest BCUT2D eigenvalue weighted by molar-refractivity contribution is 6.09. The summed E-state index contributed by atoms with van der Waals surface area (Å²) in [7, 11) is 0. The second-order valence-electron chi connectivity index (χ2n) is 8.59. The smallest absolute Gasteiger partial charge is 0.278 e. The molecule has 0 bridgehead atoms. The molecule has 1 aromatic heterocycles. The average Bonchev–Trinajstić information content (AvgIpc) is 3.29. The minimum atomic E-state index is -0.464. The number of nitrogens with zero attached hydrogens (tertiary/aromatic N) is 4. The maximum Gasteiger partial charge on any atom is 0.278 e. The lowest BCUT2D eigenvalue weighted by atomic mass is 10.1. The maximum atomic E-state index is 13.4. The third kappa shape index (κ3) is 4.65. The SMILES string of the molecule is O=C(CN1CCN(C(=O)c2nn(C(=O)c3ccc(F)cc3)c3ccccc23)CC1)c1ccc(F)cc1. The van der Waals surface area contributed by atoms with Crippen LogP contribution in [0.3, 0.4) is 0 Å². The number of hydrogen-bond donors (Lipinski definition) is 0. The standard InChI is InChI=1S/C27H22F2N4O3/c28-20-9-5-18(6-10-20)24(34)17-31-13-15-32(16-14-31)27(36)25-22-3-1-2-4-23(22)33(30-25)26(35)19-7-11-21(29)12-8-19/h1-12H,13-17H2. The van der Waals surface area contributed by atoms with Gasteiger partial charge in [-0.15, -0.1) is 0 Å². The summed E-state index contributed by atoms with van der Waals surface area (Å²) in [5, 5.41) is 4.91. The molecule has 0 saturated carbocycles. The van der Waals surface area contributed by atoms with Crippen LogP contribution in [0.15, 0.2) is 72.8 Å². The minimum Gasteiger partial charge on any atom is -0.335 e. The fraction of sp³-hybridized carbons (Fsp3) is 0.185. The predicted octanol–water partition coefficient (Wildman–Crippen LogP) is 3.64. The fourth-order valence-corrected chi connectivity index (χ4v) is 4.28. The number of rotatable bonds is 5. The molecule has 2 heterocycles. The molecule has 36 heavy (non-hydrogen) atoms. The van der Waals surface area contributed by atoms with Crippen LogP contribution < -0.4 is 0 Å². The summed E-state index contributed by atoms with van der Waals surface area (Å²) < 4.78 is 27.6. The molecule has 0 unspecified atom stereocenters. The number of aromatic nitrogens is 2. The Morgan fingerprint density at radius 2 is 1.31 bits per heavy atom. The molecule has 3 aromatic carbocycles. The second kappa shape index (κ2) is 9.79. The van der Waals surface area contributed by atoms with Gasteiger partial charge in [0.1, 0.15) is 11.6 Å². The monoisotopic (exact) mass is 488 g/mol. The molecule has 5 rings (SSSR count). The van der Waals surface area contributed by atoms with Crippen molar-refractivity contribution in [3.8, 4) is 0 Å². The first-order valence-corrected chi connectivity index (χ1v) is 11.5. The third-order valence-electron chi connectivity index (χ3n) is 6.27. The number of carbonyl (C=O) groups excluding carboxylic acids is 3. The van der Waals surface area contributed by atoms with E-state index in [1.54, 1.807) is 29.2 Å². The van der Waals surface area contributed by atoms with E-state index >= 15 is 0 Å². The number of ketones is 1. The fourth-order valence-electron chi connectivity index (χ4n) is 4.28. The number of amides is 1. The van der Waals surface area contributed by atoms with Crippen LogP contribution in [0, 0.1) is 11.6 Å². The largest absolute Gasteiger partial charge is 0.335 e. The van der Waals surface area contributed by atoms with Crippen molar-refractivity contribution in [3.63, 3.8) is 0 Å². The lowest BCUT2D eigenvalue weighted by Gasteiger charge is -2.34. The van der Waals surface area contributed by atoms with E-state index in [4.69, 9.17) is 0 Å². The molecule has 0 atom stereocenters. The van der Waals surface area contributed by atoms with Gasteiger partial charge in [-0.05, 0) is 54.6 Å². The Balaban J connectivity index is 1.30. The molecular weight excluding hydrogens is 466 g/mol. The zero-order valence-electron chi connectivity index (χ0n) is 19.2. The van der Waals surface area contributed by atoms with E-state index in [0.29, 0.717) is 42.6 Å². The van der Waals surface area contributed by atoms with E-state index in [-0.39, 0.29) is 29.5 Å². The van der Waals surface area contributed by atoms with E-state index in [0.717, 1.165) is 0 Å². The highest BCUT2D eigenvalue weighted by Gasteiger charge is 2.28. The molecule has 0 aliphatic carbocycles. The van der Waals surface area contributed by atoms with Gasteiger partial charge in [0.15, 0.2) is 11.5 Å². The molecule has 0 spiro atoms. The summed E-state index contributed by atoms with van der Waals surface area (Å²) in [5.74, 6) is -1.73. The summed E-state index contributed by atoms with van der Waals surface area (Å²) in [5.41, 5.74) is 1.34. The van der Waals surface area contributed by atoms with Crippen molar-refractivity contribution in [1.29, 1.82) is 0 Å². The Labute approximate surface area is 205 Å². The van der Waals surface area contributed by atoms with E-state index in [2.05, 4.69) is 5.10 Å². The van der Waals surface area contributed by atoms with Gasteiger partial charge in [0.25, 0.3) is 11.8 Å². The molecule has 7 nitrogen and oxygen atoms in total. The zero-order chi connectivity index (χ0) is 25.2. The van der Waals surface area contributed by atoms with Gasteiger partial charge in [0.05, 0.1) is 12.1 Å². The number of para-hydroxylation sites is 1.